The second-order valence-electron chi connectivity index (χ2n) is 5.18. The summed E-state index contributed by atoms with van der Waals surface area (Å²) in [4.78, 5) is 10.1. The van der Waals surface area contributed by atoms with E-state index in [2.05, 4.69) is 0 Å². The average Bonchev–Trinajstić information content (AvgIpc) is 2.54. The second kappa shape index (κ2) is 6.59. The van der Waals surface area contributed by atoms with Gasteiger partial charge in [-0.2, -0.15) is 4.31 Å². The van der Waals surface area contributed by atoms with Gasteiger partial charge in [0.05, 0.1) is 18.1 Å². The van der Waals surface area contributed by atoms with Crippen molar-refractivity contribution in [1.29, 1.82) is 0 Å². The first-order valence-electron chi connectivity index (χ1n) is 6.92. The number of sulfonamides is 1. The Labute approximate surface area is 129 Å². The van der Waals surface area contributed by atoms with E-state index in [0.29, 0.717) is 38.4 Å². The Balaban J connectivity index is 2.31. The normalized spacial score (nSPS) is 17.4. The highest BCUT2D eigenvalue weighted by atomic mass is 32.2. The molecule has 2 N–H and O–H groups in total. The zero-order valence-corrected chi connectivity index (χ0v) is 13.1. The summed E-state index contributed by atoms with van der Waals surface area (Å²) in [6.07, 6.45) is 1.43. The molecule has 0 atom stereocenters. The molecule has 1 fully saturated rings. The summed E-state index contributed by atoms with van der Waals surface area (Å²) in [7, 11) is -2.44. The van der Waals surface area contributed by atoms with Crippen molar-refractivity contribution in [3.63, 3.8) is 0 Å². The molecule has 0 radical (unpaired) electrons. The van der Waals surface area contributed by atoms with Gasteiger partial charge in [0.25, 0.3) is 5.69 Å². The molecule has 1 aromatic rings. The van der Waals surface area contributed by atoms with Crippen LogP contribution in [-0.4, -0.2) is 44.4 Å². The first-order chi connectivity index (χ1) is 10.4. The van der Waals surface area contributed by atoms with Gasteiger partial charge in [0.2, 0.25) is 10.0 Å². The maximum atomic E-state index is 12.7. The van der Waals surface area contributed by atoms with Crippen LogP contribution in [0.15, 0.2) is 23.1 Å². The number of piperidine rings is 1. The summed E-state index contributed by atoms with van der Waals surface area (Å²) < 4.78 is 31.8. The van der Waals surface area contributed by atoms with Crippen molar-refractivity contribution in [2.24, 2.45) is 11.7 Å². The van der Waals surface area contributed by atoms with E-state index in [4.69, 9.17) is 10.5 Å². The summed E-state index contributed by atoms with van der Waals surface area (Å²) in [5, 5.41) is 10.8. The molecule has 1 heterocycles. The van der Waals surface area contributed by atoms with E-state index in [1.54, 1.807) is 0 Å². The predicted octanol–water partition coefficient (Wildman–Crippen LogP) is 0.963. The number of rotatable bonds is 5. The lowest BCUT2D eigenvalue weighted by Gasteiger charge is -2.30. The monoisotopic (exact) mass is 329 g/mol. The zero-order chi connectivity index (χ0) is 16.3. The van der Waals surface area contributed by atoms with Gasteiger partial charge in [-0.3, -0.25) is 10.1 Å². The minimum absolute atomic E-state index is 0.0184. The Morgan fingerprint density at radius 1 is 1.41 bits per heavy atom. The maximum Gasteiger partial charge on any atom is 0.273 e. The lowest BCUT2D eigenvalue weighted by molar-refractivity contribution is -0.385. The van der Waals surface area contributed by atoms with Crippen molar-refractivity contribution in [3.05, 3.63) is 28.3 Å². The number of hydrogen-bond acceptors (Lipinski definition) is 6. The number of benzene rings is 1. The summed E-state index contributed by atoms with van der Waals surface area (Å²) in [5.74, 6) is 0.320. The molecule has 122 valence electrons. The smallest absolute Gasteiger partial charge is 0.273 e. The molecule has 1 aromatic carbocycles. The van der Waals surface area contributed by atoms with E-state index in [9.17, 15) is 18.5 Å². The van der Waals surface area contributed by atoms with Gasteiger partial charge in [-0.25, -0.2) is 8.42 Å². The van der Waals surface area contributed by atoms with Crippen molar-refractivity contribution < 1.29 is 18.1 Å². The molecular weight excluding hydrogens is 310 g/mol. The largest absolute Gasteiger partial charge is 0.495 e. The minimum Gasteiger partial charge on any atom is -0.495 e. The molecule has 2 rings (SSSR count). The highest BCUT2D eigenvalue weighted by molar-refractivity contribution is 7.89. The number of hydrogen-bond donors (Lipinski definition) is 1. The highest BCUT2D eigenvalue weighted by Crippen LogP contribution is 2.32. The van der Waals surface area contributed by atoms with Gasteiger partial charge in [0.1, 0.15) is 10.6 Å². The van der Waals surface area contributed by atoms with Crippen molar-refractivity contribution in [3.8, 4) is 5.75 Å². The number of non-ortho nitro benzene ring substituents is 1. The SMILES string of the molecule is COc1cc([N+](=O)[O-])ccc1S(=O)(=O)N1CCC(CN)CC1. The lowest BCUT2D eigenvalue weighted by Crippen LogP contribution is -2.40. The molecule has 9 heteroatoms. The van der Waals surface area contributed by atoms with Crippen LogP contribution >= 0.6 is 0 Å². The van der Waals surface area contributed by atoms with Crippen molar-refractivity contribution >= 4 is 15.7 Å². The van der Waals surface area contributed by atoms with Crippen LogP contribution in [0.2, 0.25) is 0 Å². The van der Waals surface area contributed by atoms with E-state index >= 15 is 0 Å². The van der Waals surface area contributed by atoms with Gasteiger partial charge < -0.3 is 10.5 Å². The third kappa shape index (κ3) is 3.21. The van der Waals surface area contributed by atoms with Crippen molar-refractivity contribution in [2.75, 3.05) is 26.7 Å². The Kier molecular flexibility index (Phi) is 4.99. The Bertz CT molecular complexity index is 654. The maximum absolute atomic E-state index is 12.7. The number of nitrogens with zero attached hydrogens (tertiary/aromatic N) is 2. The van der Waals surface area contributed by atoms with Crippen molar-refractivity contribution in [1.82, 2.24) is 4.31 Å². The van der Waals surface area contributed by atoms with Crippen LogP contribution in [0.4, 0.5) is 5.69 Å². The number of nitrogens with two attached hydrogens (primary N) is 1. The van der Waals surface area contributed by atoms with Gasteiger partial charge in [-0.15, -0.1) is 0 Å². The van der Waals surface area contributed by atoms with Gasteiger partial charge in [0.15, 0.2) is 0 Å². The molecule has 1 aliphatic rings. The standard InChI is InChI=1S/C13H19N3O5S/c1-21-12-8-11(16(17)18)2-3-13(12)22(19,20)15-6-4-10(9-14)5-7-15/h2-3,8,10H,4-7,9,14H2,1H3. The molecule has 0 saturated carbocycles. The van der Waals surface area contributed by atoms with Crippen LogP contribution < -0.4 is 10.5 Å². The fraction of sp³-hybridized carbons (Fsp3) is 0.538. The molecular formula is C13H19N3O5S. The summed E-state index contributed by atoms with van der Waals surface area (Å²) in [5.41, 5.74) is 5.40. The molecule has 0 unspecified atom stereocenters. The Morgan fingerprint density at radius 3 is 2.55 bits per heavy atom. The fourth-order valence-electron chi connectivity index (χ4n) is 2.51. The van der Waals surface area contributed by atoms with Gasteiger partial charge in [-0.05, 0) is 31.4 Å². The number of ether oxygens (including phenoxy) is 1. The summed E-state index contributed by atoms with van der Waals surface area (Å²) in [6, 6.07) is 3.52. The quantitative estimate of drug-likeness (QED) is 0.635. The van der Waals surface area contributed by atoms with E-state index in [-0.39, 0.29) is 16.3 Å². The topological polar surface area (TPSA) is 116 Å². The fourth-order valence-corrected chi connectivity index (χ4v) is 4.11. The molecule has 0 aromatic heterocycles. The molecule has 0 spiro atoms. The van der Waals surface area contributed by atoms with E-state index in [0.717, 1.165) is 6.07 Å². The Morgan fingerprint density at radius 2 is 2.05 bits per heavy atom. The van der Waals surface area contributed by atoms with Crippen LogP contribution in [0, 0.1) is 16.0 Å². The number of methoxy groups -OCH3 is 1. The lowest BCUT2D eigenvalue weighted by atomic mass is 9.99. The van der Waals surface area contributed by atoms with E-state index in [1.807, 2.05) is 0 Å². The second-order valence-corrected chi connectivity index (χ2v) is 7.08. The van der Waals surface area contributed by atoms with Crippen LogP contribution in [0.5, 0.6) is 5.75 Å². The first kappa shape index (κ1) is 16.7. The predicted molar refractivity (Wildman–Crippen MR) is 80.2 cm³/mol. The molecule has 0 bridgehead atoms. The molecule has 1 aliphatic heterocycles. The number of nitro groups is 1. The first-order valence-corrected chi connectivity index (χ1v) is 8.36. The summed E-state index contributed by atoms with van der Waals surface area (Å²) in [6.45, 7) is 1.34. The van der Waals surface area contributed by atoms with E-state index < -0.39 is 14.9 Å². The third-order valence-corrected chi connectivity index (χ3v) is 5.82. The van der Waals surface area contributed by atoms with Crippen molar-refractivity contribution in [2.45, 2.75) is 17.7 Å². The average molecular weight is 329 g/mol. The Hall–Kier alpha value is -1.71. The van der Waals surface area contributed by atoms with Crippen LogP contribution in [0.3, 0.4) is 0 Å². The molecule has 8 nitrogen and oxygen atoms in total. The van der Waals surface area contributed by atoms with Gasteiger partial charge in [0, 0.05) is 19.2 Å². The van der Waals surface area contributed by atoms with Crippen LogP contribution in [0.1, 0.15) is 12.8 Å². The van der Waals surface area contributed by atoms with Crippen LogP contribution in [-0.2, 0) is 10.0 Å². The molecule has 0 amide bonds. The van der Waals surface area contributed by atoms with Crippen LogP contribution in [0.25, 0.3) is 0 Å². The van der Waals surface area contributed by atoms with Gasteiger partial charge >= 0.3 is 0 Å². The zero-order valence-electron chi connectivity index (χ0n) is 12.3. The van der Waals surface area contributed by atoms with Gasteiger partial charge in [-0.1, -0.05) is 0 Å². The van der Waals surface area contributed by atoms with E-state index in [1.165, 1.54) is 23.5 Å². The third-order valence-electron chi connectivity index (χ3n) is 3.88. The minimum atomic E-state index is -3.73. The molecule has 22 heavy (non-hydrogen) atoms. The number of nitro benzene ring substituents is 1. The highest BCUT2D eigenvalue weighted by Gasteiger charge is 2.31. The molecule has 1 saturated heterocycles. The molecule has 0 aliphatic carbocycles. The summed E-state index contributed by atoms with van der Waals surface area (Å²) >= 11 is 0.